The van der Waals surface area contributed by atoms with Gasteiger partial charge in [0.2, 0.25) is 5.96 Å². The number of guanidine groups is 2. The summed E-state index contributed by atoms with van der Waals surface area (Å²) < 4.78 is 0. The molecule has 0 radical (unpaired) electrons. The van der Waals surface area contributed by atoms with Gasteiger partial charge in [-0.25, -0.2) is 4.99 Å². The molecule has 0 spiro atoms. The molecule has 0 aromatic carbocycles. The Bertz CT molecular complexity index is 489. The number of nitrogens with zero attached hydrogens (tertiary/aromatic N) is 3. The molecule has 0 amide bonds. The van der Waals surface area contributed by atoms with Crippen LogP contribution in [0.2, 0.25) is 0 Å². The molecule has 1 aliphatic heterocycles. The maximum absolute atomic E-state index is 4.56. The summed E-state index contributed by atoms with van der Waals surface area (Å²) in [4.78, 5) is 13.7. The third-order valence-electron chi connectivity index (χ3n) is 2.74. The van der Waals surface area contributed by atoms with Crippen molar-refractivity contribution in [3.63, 3.8) is 0 Å². The summed E-state index contributed by atoms with van der Waals surface area (Å²) in [6.45, 7) is 4.93. The van der Waals surface area contributed by atoms with Crippen LogP contribution in [0.3, 0.4) is 0 Å². The lowest BCUT2D eigenvalue weighted by atomic mass is 10.3. The minimum Gasteiger partial charge on any atom is -0.349 e. The Morgan fingerprint density at radius 2 is 2.21 bits per heavy atom. The first kappa shape index (κ1) is 13.9. The molecule has 1 unspecified atom stereocenters. The predicted molar refractivity (Wildman–Crippen MR) is 81.9 cm³/mol. The van der Waals surface area contributed by atoms with E-state index in [4.69, 9.17) is 0 Å². The van der Waals surface area contributed by atoms with Crippen molar-refractivity contribution in [2.45, 2.75) is 26.4 Å². The van der Waals surface area contributed by atoms with Crippen molar-refractivity contribution < 1.29 is 0 Å². The Morgan fingerprint density at radius 1 is 1.42 bits per heavy atom. The monoisotopic (exact) mass is 279 g/mol. The van der Waals surface area contributed by atoms with Gasteiger partial charge in [0, 0.05) is 36.8 Å². The van der Waals surface area contributed by atoms with Crippen molar-refractivity contribution in [2.75, 3.05) is 20.6 Å². The second kappa shape index (κ2) is 6.06. The average molecular weight is 279 g/mol. The van der Waals surface area contributed by atoms with Gasteiger partial charge in [-0.15, -0.1) is 11.3 Å². The Balaban J connectivity index is 1.91. The van der Waals surface area contributed by atoms with E-state index in [0.717, 1.165) is 24.9 Å². The Hall–Kier alpha value is -1.56. The molecule has 2 heterocycles. The van der Waals surface area contributed by atoms with Gasteiger partial charge in [0.15, 0.2) is 5.96 Å². The summed E-state index contributed by atoms with van der Waals surface area (Å²) in [6, 6.07) is 4.33. The Labute approximate surface area is 118 Å². The fraction of sp³-hybridized carbons (Fsp3) is 0.538. The third-order valence-corrected chi connectivity index (χ3v) is 3.80. The van der Waals surface area contributed by atoms with Crippen LogP contribution in [-0.2, 0) is 6.42 Å². The number of aryl methyl sites for hydroxylation is 1. The SMILES string of the molecule is Cc1ccc(CCN=C2NC(N(C)C)=NC(C)N2)s1. The van der Waals surface area contributed by atoms with E-state index < -0.39 is 0 Å². The van der Waals surface area contributed by atoms with Crippen LogP contribution in [0.4, 0.5) is 0 Å². The second-order valence-electron chi connectivity index (χ2n) is 4.79. The molecule has 19 heavy (non-hydrogen) atoms. The summed E-state index contributed by atoms with van der Waals surface area (Å²) in [5, 5.41) is 6.41. The van der Waals surface area contributed by atoms with Crippen LogP contribution >= 0.6 is 11.3 Å². The van der Waals surface area contributed by atoms with Gasteiger partial charge >= 0.3 is 0 Å². The van der Waals surface area contributed by atoms with Gasteiger partial charge in [0.1, 0.15) is 6.17 Å². The van der Waals surface area contributed by atoms with Gasteiger partial charge in [0.25, 0.3) is 0 Å². The molecule has 5 nitrogen and oxygen atoms in total. The lowest BCUT2D eigenvalue weighted by Gasteiger charge is -2.26. The van der Waals surface area contributed by atoms with Crippen LogP contribution in [0.1, 0.15) is 16.7 Å². The van der Waals surface area contributed by atoms with Crippen molar-refractivity contribution in [3.8, 4) is 0 Å². The lowest BCUT2D eigenvalue weighted by molar-refractivity contribution is 0.559. The first-order chi connectivity index (χ1) is 9.04. The molecule has 1 aliphatic rings. The maximum Gasteiger partial charge on any atom is 0.202 e. The van der Waals surface area contributed by atoms with Crippen LogP contribution < -0.4 is 10.6 Å². The molecule has 6 heteroatoms. The van der Waals surface area contributed by atoms with Crippen LogP contribution in [0.5, 0.6) is 0 Å². The van der Waals surface area contributed by atoms with Crippen LogP contribution in [0.15, 0.2) is 22.1 Å². The zero-order valence-corrected chi connectivity index (χ0v) is 12.7. The summed E-state index contributed by atoms with van der Waals surface area (Å²) in [5.74, 6) is 1.65. The molecular weight excluding hydrogens is 258 g/mol. The molecule has 1 atom stereocenters. The zero-order chi connectivity index (χ0) is 13.8. The maximum atomic E-state index is 4.56. The molecule has 2 rings (SSSR count). The summed E-state index contributed by atoms with van der Waals surface area (Å²) in [6.07, 6.45) is 1.04. The predicted octanol–water partition coefficient (Wildman–Crippen LogP) is 1.41. The second-order valence-corrected chi connectivity index (χ2v) is 6.16. The van der Waals surface area contributed by atoms with E-state index in [0.29, 0.717) is 0 Å². The number of hydrogen-bond donors (Lipinski definition) is 2. The molecule has 0 bridgehead atoms. The highest BCUT2D eigenvalue weighted by atomic mass is 32.1. The number of rotatable bonds is 3. The van der Waals surface area contributed by atoms with E-state index in [1.165, 1.54) is 9.75 Å². The fourth-order valence-electron chi connectivity index (χ4n) is 1.80. The Kier molecular flexibility index (Phi) is 4.42. The van der Waals surface area contributed by atoms with Gasteiger partial charge in [-0.2, -0.15) is 0 Å². The first-order valence-electron chi connectivity index (χ1n) is 6.43. The topological polar surface area (TPSA) is 52.0 Å². The number of thiophene rings is 1. The Morgan fingerprint density at radius 3 is 2.84 bits per heavy atom. The van der Waals surface area contributed by atoms with E-state index in [1.54, 1.807) is 0 Å². The number of hydrogen-bond acceptors (Lipinski definition) is 4. The van der Waals surface area contributed by atoms with Gasteiger partial charge in [-0.1, -0.05) is 0 Å². The van der Waals surface area contributed by atoms with Crippen molar-refractivity contribution in [1.29, 1.82) is 0 Å². The molecule has 2 N–H and O–H groups in total. The molecular formula is C13H21N5S. The van der Waals surface area contributed by atoms with Crippen LogP contribution in [0.25, 0.3) is 0 Å². The summed E-state index contributed by atoms with van der Waals surface area (Å²) in [5.41, 5.74) is 0. The first-order valence-corrected chi connectivity index (χ1v) is 7.24. The van der Waals surface area contributed by atoms with Crippen LogP contribution in [0, 0.1) is 6.92 Å². The minimum absolute atomic E-state index is 0.0568. The van der Waals surface area contributed by atoms with Crippen LogP contribution in [-0.4, -0.2) is 43.6 Å². The molecule has 0 aliphatic carbocycles. The molecule has 1 aromatic rings. The van der Waals surface area contributed by atoms with E-state index in [1.807, 2.05) is 37.3 Å². The van der Waals surface area contributed by atoms with E-state index >= 15 is 0 Å². The van der Waals surface area contributed by atoms with E-state index in [-0.39, 0.29) is 6.17 Å². The van der Waals surface area contributed by atoms with Crippen molar-refractivity contribution in [3.05, 3.63) is 21.9 Å². The number of aliphatic imine (C=N–C) groups is 2. The highest BCUT2D eigenvalue weighted by molar-refractivity contribution is 7.11. The highest BCUT2D eigenvalue weighted by Crippen LogP contribution is 2.15. The third kappa shape index (κ3) is 3.96. The average Bonchev–Trinajstić information content (AvgIpc) is 2.74. The highest BCUT2D eigenvalue weighted by Gasteiger charge is 2.15. The summed E-state index contributed by atoms with van der Waals surface area (Å²) in [7, 11) is 3.94. The van der Waals surface area contributed by atoms with Crippen molar-refractivity contribution in [1.82, 2.24) is 15.5 Å². The molecule has 0 fully saturated rings. The fourth-order valence-corrected chi connectivity index (χ4v) is 2.68. The summed E-state index contributed by atoms with van der Waals surface area (Å²) >= 11 is 1.84. The minimum atomic E-state index is 0.0568. The van der Waals surface area contributed by atoms with Gasteiger partial charge < -0.3 is 10.2 Å². The van der Waals surface area contributed by atoms with E-state index in [2.05, 4.69) is 39.7 Å². The molecule has 0 saturated carbocycles. The molecule has 104 valence electrons. The standard InChI is InChI=1S/C13H21N5S/c1-9-5-6-11(19-9)7-8-14-12-15-10(2)16-13(17-12)18(3)4/h5-6,10H,7-8H2,1-4H3,(H2,14,15,16,17). The molecule has 1 aromatic heterocycles. The quantitative estimate of drug-likeness (QED) is 0.879. The van der Waals surface area contributed by atoms with Gasteiger partial charge in [-0.3, -0.25) is 10.3 Å². The van der Waals surface area contributed by atoms with E-state index in [9.17, 15) is 0 Å². The number of nitrogens with one attached hydrogen (secondary N) is 2. The largest absolute Gasteiger partial charge is 0.349 e. The van der Waals surface area contributed by atoms with Gasteiger partial charge in [0.05, 0.1) is 0 Å². The smallest absolute Gasteiger partial charge is 0.202 e. The zero-order valence-electron chi connectivity index (χ0n) is 11.9. The van der Waals surface area contributed by atoms with Crippen molar-refractivity contribution >= 4 is 23.3 Å². The van der Waals surface area contributed by atoms with Crippen molar-refractivity contribution in [2.24, 2.45) is 9.98 Å². The normalized spacial score (nSPS) is 20.7. The lowest BCUT2D eigenvalue weighted by Crippen LogP contribution is -2.53. The molecule has 0 saturated heterocycles. The van der Waals surface area contributed by atoms with Gasteiger partial charge in [-0.05, 0) is 26.0 Å².